The van der Waals surface area contributed by atoms with Crippen molar-refractivity contribution >= 4 is 5.97 Å². The number of aromatic nitrogens is 2. The van der Waals surface area contributed by atoms with Crippen molar-refractivity contribution in [2.24, 2.45) is 0 Å². The molecule has 1 aromatic heterocycles. The van der Waals surface area contributed by atoms with Gasteiger partial charge in [0, 0.05) is 5.56 Å². The lowest BCUT2D eigenvalue weighted by Gasteiger charge is -2.08. The maximum Gasteiger partial charge on any atom is 0.318 e. The first-order valence-corrected chi connectivity index (χ1v) is 6.83. The number of carbonyl (C=O) groups excluding carboxylic acids is 1. The van der Waals surface area contributed by atoms with Crippen LogP contribution in [-0.4, -0.2) is 22.7 Å². The Hall–Kier alpha value is -2.24. The second-order valence-corrected chi connectivity index (χ2v) is 4.69. The van der Waals surface area contributed by atoms with Crippen molar-refractivity contribution in [1.29, 1.82) is 0 Å². The highest BCUT2D eigenvalue weighted by Gasteiger charge is 2.26. The Bertz CT molecular complexity index is 619. The molecule has 0 amide bonds. The molecule has 0 N–H and O–H groups in total. The third kappa shape index (κ3) is 3.45. The largest absolute Gasteiger partial charge is 0.465 e. The van der Waals surface area contributed by atoms with Crippen LogP contribution >= 0.6 is 0 Å². The SMILES string of the molecule is CCOC(=O)C(CC)c1nc(-c2cc(C)cc(F)c2)no1. The molecule has 0 saturated heterocycles. The molecule has 1 aromatic carbocycles. The molecule has 6 heteroatoms. The topological polar surface area (TPSA) is 65.2 Å². The quantitative estimate of drug-likeness (QED) is 0.791. The van der Waals surface area contributed by atoms with E-state index in [2.05, 4.69) is 10.1 Å². The molecule has 112 valence electrons. The van der Waals surface area contributed by atoms with Gasteiger partial charge >= 0.3 is 5.97 Å². The van der Waals surface area contributed by atoms with E-state index in [0.717, 1.165) is 5.56 Å². The maximum absolute atomic E-state index is 13.4. The predicted molar refractivity (Wildman–Crippen MR) is 74.1 cm³/mol. The third-order valence-corrected chi connectivity index (χ3v) is 3.02. The minimum atomic E-state index is -0.596. The average molecular weight is 292 g/mol. The van der Waals surface area contributed by atoms with Gasteiger partial charge < -0.3 is 9.26 Å². The molecule has 0 spiro atoms. The molecule has 0 aliphatic rings. The molecule has 0 bridgehead atoms. The summed E-state index contributed by atoms with van der Waals surface area (Å²) in [5, 5.41) is 3.82. The number of esters is 1. The third-order valence-electron chi connectivity index (χ3n) is 3.02. The zero-order valence-electron chi connectivity index (χ0n) is 12.2. The lowest BCUT2D eigenvalue weighted by Crippen LogP contribution is -2.15. The Balaban J connectivity index is 2.30. The number of carbonyl (C=O) groups is 1. The number of hydrogen-bond donors (Lipinski definition) is 0. The number of benzene rings is 1. The van der Waals surface area contributed by atoms with Gasteiger partial charge in [-0.1, -0.05) is 12.1 Å². The number of nitrogens with zero attached hydrogens (tertiary/aromatic N) is 2. The van der Waals surface area contributed by atoms with Crippen LogP contribution in [0.15, 0.2) is 22.7 Å². The minimum absolute atomic E-state index is 0.188. The summed E-state index contributed by atoms with van der Waals surface area (Å²) >= 11 is 0. The smallest absolute Gasteiger partial charge is 0.318 e. The molecule has 1 heterocycles. The molecule has 2 aromatic rings. The van der Waals surface area contributed by atoms with Gasteiger partial charge in [0.05, 0.1) is 6.61 Å². The summed E-state index contributed by atoms with van der Waals surface area (Å²) in [5.74, 6) is -0.913. The van der Waals surface area contributed by atoms with E-state index in [1.165, 1.54) is 12.1 Å². The molecule has 0 aliphatic heterocycles. The Morgan fingerprint density at radius 2 is 2.14 bits per heavy atom. The first-order valence-electron chi connectivity index (χ1n) is 6.83. The van der Waals surface area contributed by atoms with Crippen LogP contribution in [0.3, 0.4) is 0 Å². The van der Waals surface area contributed by atoms with Gasteiger partial charge in [0.1, 0.15) is 11.7 Å². The van der Waals surface area contributed by atoms with Crippen molar-refractivity contribution in [3.63, 3.8) is 0 Å². The van der Waals surface area contributed by atoms with Crippen molar-refractivity contribution in [3.05, 3.63) is 35.5 Å². The van der Waals surface area contributed by atoms with Crippen LogP contribution in [0.4, 0.5) is 4.39 Å². The standard InChI is InChI=1S/C15H17FN2O3/c1-4-12(15(19)20-5-2)14-17-13(18-21-14)10-6-9(3)7-11(16)8-10/h6-8,12H,4-5H2,1-3H3. The molecular formula is C15H17FN2O3. The minimum Gasteiger partial charge on any atom is -0.465 e. The monoisotopic (exact) mass is 292 g/mol. The average Bonchev–Trinajstić information content (AvgIpc) is 2.88. The summed E-state index contributed by atoms with van der Waals surface area (Å²) in [7, 11) is 0. The van der Waals surface area contributed by atoms with Crippen molar-refractivity contribution in [2.75, 3.05) is 6.61 Å². The van der Waals surface area contributed by atoms with Gasteiger partial charge in [0.15, 0.2) is 0 Å². The van der Waals surface area contributed by atoms with Crippen LogP contribution in [0.25, 0.3) is 11.4 Å². The van der Waals surface area contributed by atoms with Gasteiger partial charge in [-0.2, -0.15) is 4.98 Å². The van der Waals surface area contributed by atoms with E-state index in [1.807, 2.05) is 6.92 Å². The van der Waals surface area contributed by atoms with Crippen molar-refractivity contribution in [1.82, 2.24) is 10.1 Å². The summed E-state index contributed by atoms with van der Waals surface area (Å²) < 4.78 is 23.5. The highest BCUT2D eigenvalue weighted by atomic mass is 19.1. The van der Waals surface area contributed by atoms with E-state index in [1.54, 1.807) is 19.9 Å². The number of rotatable bonds is 5. The summed E-state index contributed by atoms with van der Waals surface area (Å²) in [6.07, 6.45) is 0.489. The summed E-state index contributed by atoms with van der Waals surface area (Å²) in [6, 6.07) is 4.49. The molecule has 1 unspecified atom stereocenters. The van der Waals surface area contributed by atoms with Crippen LogP contribution in [0.5, 0.6) is 0 Å². The molecule has 0 radical (unpaired) electrons. The maximum atomic E-state index is 13.4. The van der Waals surface area contributed by atoms with E-state index in [-0.39, 0.29) is 17.5 Å². The Morgan fingerprint density at radius 3 is 2.76 bits per heavy atom. The van der Waals surface area contributed by atoms with Gasteiger partial charge in [-0.25, -0.2) is 4.39 Å². The lowest BCUT2D eigenvalue weighted by atomic mass is 10.1. The fraction of sp³-hybridized carbons (Fsp3) is 0.400. The summed E-state index contributed by atoms with van der Waals surface area (Å²) in [5.41, 5.74) is 1.27. The van der Waals surface area contributed by atoms with Gasteiger partial charge in [0.25, 0.3) is 0 Å². The first kappa shape index (κ1) is 15.2. The first-order chi connectivity index (χ1) is 10.0. The van der Waals surface area contributed by atoms with Gasteiger partial charge in [-0.15, -0.1) is 0 Å². The number of hydrogen-bond acceptors (Lipinski definition) is 5. The van der Waals surface area contributed by atoms with E-state index in [9.17, 15) is 9.18 Å². The molecule has 0 fully saturated rings. The van der Waals surface area contributed by atoms with Gasteiger partial charge in [-0.05, 0) is 44.0 Å². The molecular weight excluding hydrogens is 275 g/mol. The lowest BCUT2D eigenvalue weighted by molar-refractivity contribution is -0.145. The van der Waals surface area contributed by atoms with E-state index in [0.29, 0.717) is 18.6 Å². The van der Waals surface area contributed by atoms with Crippen LogP contribution in [0, 0.1) is 12.7 Å². The second-order valence-electron chi connectivity index (χ2n) is 4.69. The number of aryl methyl sites for hydroxylation is 1. The van der Waals surface area contributed by atoms with Gasteiger partial charge in [0.2, 0.25) is 11.7 Å². The van der Waals surface area contributed by atoms with Crippen LogP contribution in [0.2, 0.25) is 0 Å². The highest BCUT2D eigenvalue weighted by molar-refractivity contribution is 5.76. The molecule has 21 heavy (non-hydrogen) atoms. The normalized spacial score (nSPS) is 12.2. The van der Waals surface area contributed by atoms with Crippen LogP contribution in [0.1, 0.15) is 37.6 Å². The predicted octanol–water partition coefficient (Wildman–Crippen LogP) is 3.24. The zero-order chi connectivity index (χ0) is 15.4. The number of ether oxygens (including phenoxy) is 1. The summed E-state index contributed by atoms with van der Waals surface area (Å²) in [6.45, 7) is 5.64. The molecule has 1 atom stereocenters. The van der Waals surface area contributed by atoms with E-state index < -0.39 is 11.9 Å². The van der Waals surface area contributed by atoms with E-state index in [4.69, 9.17) is 9.26 Å². The molecule has 0 aliphatic carbocycles. The van der Waals surface area contributed by atoms with E-state index >= 15 is 0 Å². The molecule has 2 rings (SSSR count). The molecule has 0 saturated carbocycles. The van der Waals surface area contributed by atoms with Crippen molar-refractivity contribution in [3.8, 4) is 11.4 Å². The fourth-order valence-corrected chi connectivity index (χ4v) is 2.04. The van der Waals surface area contributed by atoms with Gasteiger partial charge in [-0.3, -0.25) is 4.79 Å². The zero-order valence-corrected chi connectivity index (χ0v) is 12.2. The Kier molecular flexibility index (Phi) is 4.67. The summed E-state index contributed by atoms with van der Waals surface area (Å²) in [4.78, 5) is 16.0. The van der Waals surface area contributed by atoms with Crippen LogP contribution < -0.4 is 0 Å². The second kappa shape index (κ2) is 6.47. The van der Waals surface area contributed by atoms with Crippen LogP contribution in [-0.2, 0) is 9.53 Å². The van der Waals surface area contributed by atoms with Crippen molar-refractivity contribution in [2.45, 2.75) is 33.1 Å². The fourth-order valence-electron chi connectivity index (χ4n) is 2.04. The molecule has 5 nitrogen and oxygen atoms in total. The van der Waals surface area contributed by atoms with Crippen molar-refractivity contribution < 1.29 is 18.4 Å². The highest BCUT2D eigenvalue weighted by Crippen LogP contribution is 2.24. The number of halogens is 1. The Morgan fingerprint density at radius 1 is 1.38 bits per heavy atom. The Labute approximate surface area is 122 Å².